The van der Waals surface area contributed by atoms with Gasteiger partial charge < -0.3 is 10.6 Å². The number of aromatic nitrogens is 2. The Morgan fingerprint density at radius 2 is 2.00 bits per heavy atom. The molecular weight excluding hydrogens is 236 g/mol. The van der Waals surface area contributed by atoms with Gasteiger partial charge in [0.05, 0.1) is 17.2 Å². The van der Waals surface area contributed by atoms with Crippen LogP contribution in [0, 0.1) is 0 Å². The van der Waals surface area contributed by atoms with Gasteiger partial charge in [0, 0.05) is 19.1 Å². The van der Waals surface area contributed by atoms with E-state index in [1.54, 1.807) is 0 Å². The second kappa shape index (κ2) is 5.53. The van der Waals surface area contributed by atoms with E-state index in [0.717, 1.165) is 29.8 Å². The van der Waals surface area contributed by atoms with Gasteiger partial charge >= 0.3 is 0 Å². The van der Waals surface area contributed by atoms with Crippen LogP contribution in [0.25, 0.3) is 11.0 Å². The van der Waals surface area contributed by atoms with Crippen molar-refractivity contribution in [3.05, 3.63) is 30.5 Å². The first-order chi connectivity index (χ1) is 9.38. The predicted octanol–water partition coefficient (Wildman–Crippen LogP) is 2.34. The van der Waals surface area contributed by atoms with Crippen LogP contribution in [0.3, 0.4) is 0 Å². The largest absolute Gasteiger partial charge is 0.351 e. The normalized spacial score (nSPS) is 20.5. The minimum atomic E-state index is 0.401. The van der Waals surface area contributed by atoms with Crippen LogP contribution in [0.15, 0.2) is 30.5 Å². The van der Waals surface area contributed by atoms with Crippen molar-refractivity contribution in [1.29, 1.82) is 0 Å². The Morgan fingerprint density at radius 1 is 1.16 bits per heavy atom. The lowest BCUT2D eigenvalue weighted by Gasteiger charge is -2.29. The first-order valence-electron chi connectivity index (χ1n) is 7.07. The van der Waals surface area contributed by atoms with Gasteiger partial charge in [-0.05, 0) is 25.0 Å². The van der Waals surface area contributed by atoms with Crippen molar-refractivity contribution in [2.24, 2.45) is 5.73 Å². The molecule has 1 aromatic carbocycles. The zero-order chi connectivity index (χ0) is 13.1. The highest BCUT2D eigenvalue weighted by Gasteiger charge is 2.21. The molecule has 2 aromatic rings. The van der Waals surface area contributed by atoms with Crippen LogP contribution in [0.4, 0.5) is 5.82 Å². The molecule has 1 saturated heterocycles. The minimum absolute atomic E-state index is 0.401. The van der Waals surface area contributed by atoms with Crippen molar-refractivity contribution in [3.63, 3.8) is 0 Å². The number of benzene rings is 1. The van der Waals surface area contributed by atoms with Gasteiger partial charge in [-0.15, -0.1) is 0 Å². The molecule has 0 saturated carbocycles. The maximum atomic E-state index is 5.92. The van der Waals surface area contributed by atoms with Crippen molar-refractivity contribution < 1.29 is 0 Å². The maximum absolute atomic E-state index is 5.92. The summed E-state index contributed by atoms with van der Waals surface area (Å²) in [5.41, 5.74) is 7.83. The number of hydrogen-bond acceptors (Lipinski definition) is 4. The van der Waals surface area contributed by atoms with Crippen LogP contribution in [0.2, 0.25) is 0 Å². The summed E-state index contributed by atoms with van der Waals surface area (Å²) in [6.07, 6.45) is 6.81. The first kappa shape index (κ1) is 12.4. The highest BCUT2D eigenvalue weighted by atomic mass is 15.2. The molecule has 0 spiro atoms. The van der Waals surface area contributed by atoms with Crippen LogP contribution in [0.5, 0.6) is 0 Å². The Bertz CT molecular complexity index is 555. The Balaban J connectivity index is 1.96. The van der Waals surface area contributed by atoms with Crippen molar-refractivity contribution in [2.75, 3.05) is 18.0 Å². The monoisotopic (exact) mass is 256 g/mol. The SMILES string of the molecule is NCC1CCCCCN1c1cnc2ccccc2n1. The van der Waals surface area contributed by atoms with Gasteiger partial charge in [0.25, 0.3) is 0 Å². The van der Waals surface area contributed by atoms with Gasteiger partial charge in [0.1, 0.15) is 5.82 Å². The summed E-state index contributed by atoms with van der Waals surface area (Å²) in [6.45, 7) is 1.73. The second-order valence-corrected chi connectivity index (χ2v) is 5.15. The molecule has 19 heavy (non-hydrogen) atoms. The summed E-state index contributed by atoms with van der Waals surface area (Å²) >= 11 is 0. The molecule has 1 fully saturated rings. The van der Waals surface area contributed by atoms with E-state index < -0.39 is 0 Å². The van der Waals surface area contributed by atoms with Crippen LogP contribution in [-0.4, -0.2) is 29.1 Å². The van der Waals surface area contributed by atoms with Gasteiger partial charge in [-0.3, -0.25) is 4.98 Å². The smallest absolute Gasteiger partial charge is 0.148 e. The first-order valence-corrected chi connectivity index (χ1v) is 7.07. The van der Waals surface area contributed by atoms with Crippen molar-refractivity contribution in [1.82, 2.24) is 9.97 Å². The van der Waals surface area contributed by atoms with Crippen LogP contribution >= 0.6 is 0 Å². The van der Waals surface area contributed by atoms with Crippen LogP contribution in [-0.2, 0) is 0 Å². The number of rotatable bonds is 2. The number of hydrogen-bond donors (Lipinski definition) is 1. The van der Waals surface area contributed by atoms with E-state index in [-0.39, 0.29) is 0 Å². The topological polar surface area (TPSA) is 55.0 Å². The third-order valence-electron chi connectivity index (χ3n) is 3.88. The molecule has 1 atom stereocenters. The summed E-state index contributed by atoms with van der Waals surface area (Å²) < 4.78 is 0. The summed E-state index contributed by atoms with van der Waals surface area (Å²) in [7, 11) is 0. The average Bonchev–Trinajstić information content (AvgIpc) is 2.72. The third-order valence-corrected chi connectivity index (χ3v) is 3.88. The Hall–Kier alpha value is -1.68. The van der Waals surface area contributed by atoms with Gasteiger partial charge in [0.15, 0.2) is 0 Å². The zero-order valence-electron chi connectivity index (χ0n) is 11.1. The number of fused-ring (bicyclic) bond motifs is 1. The average molecular weight is 256 g/mol. The quantitative estimate of drug-likeness (QED) is 0.896. The van der Waals surface area contributed by atoms with E-state index in [1.165, 1.54) is 19.3 Å². The summed E-state index contributed by atoms with van der Waals surface area (Å²) in [4.78, 5) is 11.6. The van der Waals surface area contributed by atoms with E-state index in [4.69, 9.17) is 10.7 Å². The van der Waals surface area contributed by atoms with Crippen molar-refractivity contribution in [3.8, 4) is 0 Å². The van der Waals surface area contributed by atoms with Crippen molar-refractivity contribution in [2.45, 2.75) is 31.7 Å². The van der Waals surface area contributed by atoms with Crippen molar-refractivity contribution >= 4 is 16.9 Å². The molecule has 1 unspecified atom stereocenters. The lowest BCUT2D eigenvalue weighted by Crippen LogP contribution is -2.40. The highest BCUT2D eigenvalue weighted by molar-refractivity contribution is 5.75. The number of nitrogens with two attached hydrogens (primary N) is 1. The lowest BCUT2D eigenvalue weighted by atomic mass is 10.1. The van der Waals surface area contributed by atoms with E-state index in [1.807, 2.05) is 30.5 Å². The molecular formula is C15H20N4. The Labute approximate surface area is 113 Å². The van der Waals surface area contributed by atoms with E-state index in [2.05, 4.69) is 9.88 Å². The molecule has 0 radical (unpaired) electrons. The lowest BCUT2D eigenvalue weighted by molar-refractivity contribution is 0.576. The van der Waals surface area contributed by atoms with Crippen LogP contribution in [0.1, 0.15) is 25.7 Å². The maximum Gasteiger partial charge on any atom is 0.148 e. The molecule has 1 aliphatic rings. The minimum Gasteiger partial charge on any atom is -0.351 e. The Morgan fingerprint density at radius 3 is 2.84 bits per heavy atom. The summed E-state index contributed by atoms with van der Waals surface area (Å²) in [6, 6.07) is 8.41. The predicted molar refractivity (Wildman–Crippen MR) is 78.2 cm³/mol. The summed E-state index contributed by atoms with van der Waals surface area (Å²) in [5.74, 6) is 0.969. The molecule has 0 bridgehead atoms. The van der Waals surface area contributed by atoms with Gasteiger partial charge in [-0.1, -0.05) is 25.0 Å². The fraction of sp³-hybridized carbons (Fsp3) is 0.467. The standard InChI is InChI=1S/C15H20N4/c16-10-12-6-2-1-5-9-19(12)15-11-17-13-7-3-4-8-14(13)18-15/h3-4,7-8,11-12H,1-2,5-6,9-10,16H2. The fourth-order valence-electron chi connectivity index (χ4n) is 2.81. The molecule has 0 amide bonds. The van der Waals surface area contributed by atoms with Gasteiger partial charge in [-0.2, -0.15) is 0 Å². The molecule has 2 heterocycles. The summed E-state index contributed by atoms with van der Waals surface area (Å²) in [5, 5.41) is 0. The molecule has 4 heteroatoms. The molecule has 1 aromatic heterocycles. The van der Waals surface area contributed by atoms with E-state index in [9.17, 15) is 0 Å². The van der Waals surface area contributed by atoms with Gasteiger partial charge in [0.2, 0.25) is 0 Å². The Kier molecular flexibility index (Phi) is 3.60. The second-order valence-electron chi connectivity index (χ2n) is 5.15. The van der Waals surface area contributed by atoms with E-state index in [0.29, 0.717) is 12.6 Å². The van der Waals surface area contributed by atoms with Gasteiger partial charge in [-0.25, -0.2) is 4.98 Å². The number of para-hydroxylation sites is 2. The fourth-order valence-corrected chi connectivity index (χ4v) is 2.81. The molecule has 3 rings (SSSR count). The van der Waals surface area contributed by atoms with Crippen LogP contribution < -0.4 is 10.6 Å². The molecule has 0 aliphatic carbocycles. The highest BCUT2D eigenvalue weighted by Crippen LogP contribution is 2.23. The van der Waals surface area contributed by atoms with E-state index >= 15 is 0 Å². The molecule has 4 nitrogen and oxygen atoms in total. The number of anilines is 1. The third kappa shape index (κ3) is 2.54. The molecule has 1 aliphatic heterocycles. The number of nitrogens with zero attached hydrogens (tertiary/aromatic N) is 3. The zero-order valence-corrected chi connectivity index (χ0v) is 11.1. The molecule has 2 N–H and O–H groups in total. The molecule has 100 valence electrons.